The van der Waals surface area contributed by atoms with Crippen molar-refractivity contribution in [2.75, 3.05) is 49.7 Å². The van der Waals surface area contributed by atoms with Crippen LogP contribution >= 0.6 is 0 Å². The Labute approximate surface area is 133 Å². The van der Waals surface area contributed by atoms with E-state index in [1.807, 2.05) is 4.90 Å². The maximum Gasteiger partial charge on any atom is 0.245 e. The summed E-state index contributed by atoms with van der Waals surface area (Å²) in [6, 6.07) is 4.54. The van der Waals surface area contributed by atoms with Crippen LogP contribution in [0.1, 0.15) is 6.42 Å². The van der Waals surface area contributed by atoms with Gasteiger partial charge in [0, 0.05) is 31.7 Å². The Bertz CT molecular complexity index is 562. The maximum absolute atomic E-state index is 14.2. The summed E-state index contributed by atoms with van der Waals surface area (Å²) in [6.45, 7) is 1.89. The van der Waals surface area contributed by atoms with Gasteiger partial charge in [-0.25, -0.2) is 4.39 Å². The van der Waals surface area contributed by atoms with Gasteiger partial charge < -0.3 is 25.4 Å². The Morgan fingerprint density at radius 3 is 2.65 bits per heavy atom. The number of anilines is 2. The number of aliphatic hydroxyl groups is 1. The van der Waals surface area contributed by atoms with E-state index in [1.54, 1.807) is 12.1 Å². The van der Waals surface area contributed by atoms with E-state index >= 15 is 0 Å². The van der Waals surface area contributed by atoms with Gasteiger partial charge >= 0.3 is 0 Å². The molecule has 2 rings (SSSR count). The molecule has 0 bridgehead atoms. The van der Waals surface area contributed by atoms with Crippen LogP contribution in [0.25, 0.3) is 0 Å². The molecule has 1 aliphatic heterocycles. The third-order valence-electron chi connectivity index (χ3n) is 3.40. The van der Waals surface area contributed by atoms with Crippen LogP contribution in [0.3, 0.4) is 0 Å². The molecule has 7 nitrogen and oxygen atoms in total. The highest BCUT2D eigenvalue weighted by Gasteiger charge is 2.15. The summed E-state index contributed by atoms with van der Waals surface area (Å²) in [7, 11) is 0. The Kier molecular flexibility index (Phi) is 6.30. The molecular formula is C15H20FN3O4. The first-order chi connectivity index (χ1) is 11.1. The van der Waals surface area contributed by atoms with Crippen LogP contribution in [0, 0.1) is 5.82 Å². The lowest BCUT2D eigenvalue weighted by atomic mass is 10.2. The van der Waals surface area contributed by atoms with Crippen molar-refractivity contribution in [3.05, 3.63) is 24.0 Å². The number of carbonyl (C=O) groups is 2. The van der Waals surface area contributed by atoms with Gasteiger partial charge in [-0.05, 0) is 18.2 Å². The van der Waals surface area contributed by atoms with Crippen LogP contribution in [0.15, 0.2) is 18.2 Å². The number of halogens is 1. The summed E-state index contributed by atoms with van der Waals surface area (Å²) in [4.78, 5) is 24.4. The van der Waals surface area contributed by atoms with Crippen molar-refractivity contribution in [2.45, 2.75) is 6.42 Å². The molecule has 0 spiro atoms. The van der Waals surface area contributed by atoms with Gasteiger partial charge in [-0.1, -0.05) is 0 Å². The fraction of sp³-hybridized carbons (Fsp3) is 0.467. The lowest BCUT2D eigenvalue weighted by Crippen LogP contribution is -2.36. The van der Waals surface area contributed by atoms with Gasteiger partial charge in [-0.2, -0.15) is 0 Å². The number of amides is 2. The van der Waals surface area contributed by atoms with Crippen LogP contribution in [-0.4, -0.2) is 56.4 Å². The van der Waals surface area contributed by atoms with E-state index in [-0.39, 0.29) is 18.9 Å². The van der Waals surface area contributed by atoms with Crippen molar-refractivity contribution in [1.82, 2.24) is 5.32 Å². The monoisotopic (exact) mass is 325 g/mol. The van der Waals surface area contributed by atoms with Gasteiger partial charge in [0.1, 0.15) is 12.4 Å². The first kappa shape index (κ1) is 17.2. The van der Waals surface area contributed by atoms with Gasteiger partial charge in [0.25, 0.3) is 0 Å². The van der Waals surface area contributed by atoms with E-state index in [1.165, 1.54) is 6.07 Å². The second-order valence-electron chi connectivity index (χ2n) is 5.07. The molecule has 1 fully saturated rings. The van der Waals surface area contributed by atoms with Crippen molar-refractivity contribution in [3.8, 4) is 0 Å². The predicted octanol–water partition coefficient (Wildman–Crippen LogP) is 0.0994. The standard InChI is InChI=1S/C15H20FN3O4/c16-12-9-11(18-14(21)3-4-17-15(22)10-20)1-2-13(12)19-5-7-23-8-6-19/h1-2,9,20H,3-8,10H2,(H,17,22)(H,18,21). The van der Waals surface area contributed by atoms with Crippen molar-refractivity contribution < 1.29 is 23.8 Å². The minimum Gasteiger partial charge on any atom is -0.387 e. The molecule has 0 saturated carbocycles. The van der Waals surface area contributed by atoms with Crippen molar-refractivity contribution in [2.24, 2.45) is 0 Å². The first-order valence-corrected chi connectivity index (χ1v) is 7.40. The van der Waals surface area contributed by atoms with Crippen molar-refractivity contribution >= 4 is 23.2 Å². The number of hydrogen-bond donors (Lipinski definition) is 3. The van der Waals surface area contributed by atoms with Gasteiger partial charge in [-0.15, -0.1) is 0 Å². The average molecular weight is 325 g/mol. The molecule has 23 heavy (non-hydrogen) atoms. The van der Waals surface area contributed by atoms with Crippen LogP contribution in [-0.2, 0) is 14.3 Å². The number of rotatable bonds is 6. The average Bonchev–Trinajstić information content (AvgIpc) is 2.55. The zero-order valence-corrected chi connectivity index (χ0v) is 12.7. The van der Waals surface area contributed by atoms with E-state index < -0.39 is 18.3 Å². The smallest absolute Gasteiger partial charge is 0.245 e. The SMILES string of the molecule is O=C(CO)NCCC(=O)Nc1ccc(N2CCOCC2)c(F)c1. The number of benzene rings is 1. The zero-order chi connectivity index (χ0) is 16.7. The molecule has 2 amide bonds. The lowest BCUT2D eigenvalue weighted by molar-refractivity contribution is -0.123. The molecule has 1 saturated heterocycles. The molecule has 0 aromatic heterocycles. The first-order valence-electron chi connectivity index (χ1n) is 7.40. The summed E-state index contributed by atoms with van der Waals surface area (Å²) in [6.07, 6.45) is 0.0403. The highest BCUT2D eigenvalue weighted by Crippen LogP contribution is 2.23. The molecule has 1 aromatic carbocycles. The molecule has 126 valence electrons. The van der Waals surface area contributed by atoms with E-state index in [2.05, 4.69) is 10.6 Å². The number of ether oxygens (including phenoxy) is 1. The minimum atomic E-state index is -0.615. The summed E-state index contributed by atoms with van der Waals surface area (Å²) < 4.78 is 19.4. The van der Waals surface area contributed by atoms with Gasteiger partial charge in [0.2, 0.25) is 11.8 Å². The number of hydrogen-bond acceptors (Lipinski definition) is 5. The largest absolute Gasteiger partial charge is 0.387 e. The molecule has 1 aliphatic rings. The second kappa shape index (κ2) is 8.44. The fourth-order valence-electron chi connectivity index (χ4n) is 2.24. The topological polar surface area (TPSA) is 90.9 Å². The molecule has 1 heterocycles. The lowest BCUT2D eigenvalue weighted by Gasteiger charge is -2.29. The summed E-state index contributed by atoms with van der Waals surface area (Å²) in [5, 5.41) is 13.5. The molecule has 3 N–H and O–H groups in total. The zero-order valence-electron chi connectivity index (χ0n) is 12.7. The van der Waals surface area contributed by atoms with Crippen molar-refractivity contribution in [1.29, 1.82) is 0 Å². The molecule has 0 radical (unpaired) electrons. The third-order valence-corrected chi connectivity index (χ3v) is 3.40. The number of nitrogens with zero attached hydrogens (tertiary/aromatic N) is 1. The molecule has 0 aliphatic carbocycles. The normalized spacial score (nSPS) is 14.4. The van der Waals surface area contributed by atoms with E-state index in [0.29, 0.717) is 37.7 Å². The van der Waals surface area contributed by atoms with Crippen molar-refractivity contribution in [3.63, 3.8) is 0 Å². The molecule has 1 aromatic rings. The number of carbonyl (C=O) groups excluding carboxylic acids is 2. The predicted molar refractivity (Wildman–Crippen MR) is 82.8 cm³/mol. The molecule has 0 atom stereocenters. The summed E-state index contributed by atoms with van der Waals surface area (Å²) >= 11 is 0. The van der Waals surface area contributed by atoms with Crippen LogP contribution < -0.4 is 15.5 Å². The number of nitrogens with one attached hydrogen (secondary N) is 2. The highest BCUT2D eigenvalue weighted by molar-refractivity contribution is 5.91. The van der Waals surface area contributed by atoms with Gasteiger partial charge in [0.05, 0.1) is 18.9 Å². The van der Waals surface area contributed by atoms with E-state index in [0.717, 1.165) is 0 Å². The van der Waals surface area contributed by atoms with E-state index in [4.69, 9.17) is 9.84 Å². The Morgan fingerprint density at radius 1 is 1.26 bits per heavy atom. The second-order valence-corrected chi connectivity index (χ2v) is 5.07. The fourth-order valence-corrected chi connectivity index (χ4v) is 2.24. The molecule has 8 heteroatoms. The molecule has 0 unspecified atom stereocenters. The Hall–Kier alpha value is -2.19. The van der Waals surface area contributed by atoms with Crippen LogP contribution in [0.5, 0.6) is 0 Å². The maximum atomic E-state index is 14.2. The highest BCUT2D eigenvalue weighted by atomic mass is 19.1. The molecular weight excluding hydrogens is 305 g/mol. The van der Waals surface area contributed by atoms with Crippen LogP contribution in [0.4, 0.5) is 15.8 Å². The number of morpholine rings is 1. The van der Waals surface area contributed by atoms with E-state index in [9.17, 15) is 14.0 Å². The quantitative estimate of drug-likeness (QED) is 0.690. The Morgan fingerprint density at radius 2 is 2.00 bits per heavy atom. The minimum absolute atomic E-state index is 0.0403. The number of aliphatic hydroxyl groups excluding tert-OH is 1. The third kappa shape index (κ3) is 5.19. The van der Waals surface area contributed by atoms with Crippen LogP contribution in [0.2, 0.25) is 0 Å². The Balaban J connectivity index is 1.87. The summed E-state index contributed by atoms with van der Waals surface area (Å²) in [5.74, 6) is -1.29. The van der Waals surface area contributed by atoms with Gasteiger partial charge in [0.15, 0.2) is 0 Å². The summed E-state index contributed by atoms with van der Waals surface area (Å²) in [5.41, 5.74) is 0.847. The van der Waals surface area contributed by atoms with Gasteiger partial charge in [-0.3, -0.25) is 9.59 Å².